The fourth-order valence-electron chi connectivity index (χ4n) is 3.57. The summed E-state index contributed by atoms with van der Waals surface area (Å²) in [4.78, 5) is 33.7. The van der Waals surface area contributed by atoms with E-state index in [9.17, 15) is 14.0 Å². The lowest BCUT2D eigenvalue weighted by Crippen LogP contribution is -2.48. The maximum atomic E-state index is 14.4. The Hall–Kier alpha value is -2.70. The van der Waals surface area contributed by atoms with Gasteiger partial charge in [-0.25, -0.2) is 9.37 Å². The number of benzene rings is 1. The van der Waals surface area contributed by atoms with Crippen molar-refractivity contribution in [3.8, 4) is 0 Å². The van der Waals surface area contributed by atoms with Gasteiger partial charge in [0, 0.05) is 43.4 Å². The number of hydrogen-bond donors (Lipinski definition) is 2. The number of nitrogens with zero attached hydrogens (tertiary/aromatic N) is 2. The summed E-state index contributed by atoms with van der Waals surface area (Å²) in [6.07, 6.45) is 4.67. The van der Waals surface area contributed by atoms with Crippen LogP contribution in [0.1, 0.15) is 37.1 Å². The number of aromatic amines is 1. The smallest absolute Gasteiger partial charge is 0.225 e. The first-order valence-corrected chi connectivity index (χ1v) is 8.90. The number of rotatable bonds is 6. The summed E-state index contributed by atoms with van der Waals surface area (Å²) in [6, 6.07) is 5.80. The Morgan fingerprint density at radius 1 is 1.42 bits per heavy atom. The fourth-order valence-corrected chi connectivity index (χ4v) is 3.57. The SMILES string of the molecule is CCN1C(=O)CC[C@@H](C(=O)NCCc2cnc[nH]2)[C@@H]1c1ccccc1F. The molecule has 1 aliphatic rings. The van der Waals surface area contributed by atoms with Crippen LogP contribution in [0.5, 0.6) is 0 Å². The van der Waals surface area contributed by atoms with Crippen molar-refractivity contribution in [2.45, 2.75) is 32.2 Å². The van der Waals surface area contributed by atoms with Gasteiger partial charge in [-0.2, -0.15) is 0 Å². The summed E-state index contributed by atoms with van der Waals surface area (Å²) in [6.45, 7) is 2.75. The van der Waals surface area contributed by atoms with Crippen LogP contribution in [0.2, 0.25) is 0 Å². The molecule has 0 unspecified atom stereocenters. The highest BCUT2D eigenvalue weighted by molar-refractivity contribution is 5.85. The molecule has 2 amide bonds. The first-order chi connectivity index (χ1) is 12.6. The van der Waals surface area contributed by atoms with E-state index in [-0.39, 0.29) is 17.6 Å². The van der Waals surface area contributed by atoms with Crippen molar-refractivity contribution in [3.63, 3.8) is 0 Å². The molecular weight excluding hydrogens is 335 g/mol. The Labute approximate surface area is 151 Å². The second-order valence-electron chi connectivity index (χ2n) is 6.41. The lowest BCUT2D eigenvalue weighted by Gasteiger charge is -2.40. The van der Waals surface area contributed by atoms with Gasteiger partial charge < -0.3 is 15.2 Å². The zero-order valence-corrected chi connectivity index (χ0v) is 14.7. The number of hydrogen-bond acceptors (Lipinski definition) is 3. The molecule has 2 atom stereocenters. The van der Waals surface area contributed by atoms with Gasteiger partial charge in [0.2, 0.25) is 11.8 Å². The average Bonchev–Trinajstić information content (AvgIpc) is 3.15. The second-order valence-corrected chi connectivity index (χ2v) is 6.41. The molecule has 0 spiro atoms. The minimum absolute atomic E-state index is 0.0396. The van der Waals surface area contributed by atoms with Gasteiger partial charge in [-0.05, 0) is 19.4 Å². The number of aromatic nitrogens is 2. The molecule has 1 aliphatic heterocycles. The standard InChI is InChI=1S/C19H23FN4O2/c1-2-24-17(25)8-7-15(18(24)14-5-3-4-6-16(14)20)19(26)22-10-9-13-11-21-12-23-13/h3-6,11-12,15,18H,2,7-10H2,1H3,(H,21,23)(H,22,26)/t15-,18+/m1/s1. The van der Waals surface area contributed by atoms with Crippen molar-refractivity contribution in [1.82, 2.24) is 20.2 Å². The summed E-state index contributed by atoms with van der Waals surface area (Å²) in [5.41, 5.74) is 1.33. The Balaban J connectivity index is 1.77. The lowest BCUT2D eigenvalue weighted by atomic mass is 9.83. The van der Waals surface area contributed by atoms with E-state index in [4.69, 9.17) is 0 Å². The molecule has 0 radical (unpaired) electrons. The number of amides is 2. The van der Waals surface area contributed by atoms with Crippen LogP contribution in [-0.4, -0.2) is 39.8 Å². The largest absolute Gasteiger partial charge is 0.355 e. The molecule has 1 aromatic carbocycles. The molecule has 26 heavy (non-hydrogen) atoms. The molecule has 1 aromatic heterocycles. The maximum Gasteiger partial charge on any atom is 0.225 e. The van der Waals surface area contributed by atoms with Gasteiger partial charge in [0.1, 0.15) is 5.82 Å². The Kier molecular flexibility index (Phi) is 5.65. The van der Waals surface area contributed by atoms with Gasteiger partial charge >= 0.3 is 0 Å². The van der Waals surface area contributed by atoms with Crippen LogP contribution in [0, 0.1) is 11.7 Å². The van der Waals surface area contributed by atoms with Crippen LogP contribution in [0.4, 0.5) is 4.39 Å². The second kappa shape index (κ2) is 8.12. The number of H-pyrrole nitrogens is 1. The molecule has 2 heterocycles. The van der Waals surface area contributed by atoms with Crippen LogP contribution in [-0.2, 0) is 16.0 Å². The van der Waals surface area contributed by atoms with E-state index < -0.39 is 12.0 Å². The number of carbonyl (C=O) groups is 2. The van der Waals surface area contributed by atoms with E-state index in [2.05, 4.69) is 15.3 Å². The van der Waals surface area contributed by atoms with Crippen LogP contribution < -0.4 is 5.32 Å². The van der Waals surface area contributed by atoms with Gasteiger partial charge in [-0.15, -0.1) is 0 Å². The van der Waals surface area contributed by atoms with Crippen LogP contribution >= 0.6 is 0 Å². The van der Waals surface area contributed by atoms with Gasteiger partial charge in [-0.3, -0.25) is 9.59 Å². The number of carbonyl (C=O) groups excluding carboxylic acids is 2. The van der Waals surface area contributed by atoms with E-state index in [0.717, 1.165) is 5.69 Å². The highest BCUT2D eigenvalue weighted by Gasteiger charge is 2.40. The van der Waals surface area contributed by atoms with Crippen LogP contribution in [0.25, 0.3) is 0 Å². The number of nitrogens with one attached hydrogen (secondary N) is 2. The lowest BCUT2D eigenvalue weighted by molar-refractivity contribution is -0.143. The molecular formula is C19H23FN4O2. The number of imidazole rings is 1. The number of halogens is 1. The van der Waals surface area contributed by atoms with Gasteiger partial charge in [0.25, 0.3) is 0 Å². The van der Waals surface area contributed by atoms with E-state index >= 15 is 0 Å². The van der Waals surface area contributed by atoms with Crippen LogP contribution in [0.3, 0.4) is 0 Å². The highest BCUT2D eigenvalue weighted by Crippen LogP contribution is 2.37. The maximum absolute atomic E-state index is 14.4. The van der Waals surface area contributed by atoms with Gasteiger partial charge in [0.05, 0.1) is 18.3 Å². The average molecular weight is 358 g/mol. The quantitative estimate of drug-likeness (QED) is 0.831. The summed E-state index contributed by atoms with van der Waals surface area (Å²) in [7, 11) is 0. The molecule has 1 fully saturated rings. The molecule has 0 bridgehead atoms. The van der Waals surface area contributed by atoms with E-state index in [0.29, 0.717) is 37.9 Å². The summed E-state index contributed by atoms with van der Waals surface area (Å²) >= 11 is 0. The Bertz CT molecular complexity index is 763. The van der Waals surface area contributed by atoms with Crippen molar-refractivity contribution < 1.29 is 14.0 Å². The number of likely N-dealkylation sites (tertiary alicyclic amines) is 1. The first-order valence-electron chi connectivity index (χ1n) is 8.90. The Morgan fingerprint density at radius 3 is 2.92 bits per heavy atom. The van der Waals surface area contributed by atoms with Crippen molar-refractivity contribution in [3.05, 3.63) is 53.9 Å². The summed E-state index contributed by atoms with van der Waals surface area (Å²) in [5, 5.41) is 2.92. The Morgan fingerprint density at radius 2 is 2.23 bits per heavy atom. The van der Waals surface area contributed by atoms with Gasteiger partial charge in [0.15, 0.2) is 0 Å². The highest BCUT2D eigenvalue weighted by atomic mass is 19.1. The number of piperidine rings is 1. The minimum Gasteiger partial charge on any atom is -0.355 e. The molecule has 0 saturated carbocycles. The predicted octanol–water partition coefficient (Wildman–Crippen LogP) is 2.21. The third-order valence-corrected chi connectivity index (χ3v) is 4.86. The first kappa shape index (κ1) is 18.1. The molecule has 138 valence electrons. The van der Waals surface area contributed by atoms with Crippen molar-refractivity contribution in [2.24, 2.45) is 5.92 Å². The fraction of sp³-hybridized carbons (Fsp3) is 0.421. The molecule has 7 heteroatoms. The van der Waals surface area contributed by atoms with Crippen molar-refractivity contribution in [2.75, 3.05) is 13.1 Å². The van der Waals surface area contributed by atoms with E-state index in [1.165, 1.54) is 6.07 Å². The molecule has 3 rings (SSSR count). The molecule has 2 N–H and O–H groups in total. The monoisotopic (exact) mass is 358 g/mol. The molecule has 6 nitrogen and oxygen atoms in total. The zero-order valence-electron chi connectivity index (χ0n) is 14.7. The topological polar surface area (TPSA) is 78.1 Å². The zero-order chi connectivity index (χ0) is 18.5. The molecule has 0 aliphatic carbocycles. The van der Waals surface area contributed by atoms with Gasteiger partial charge in [-0.1, -0.05) is 18.2 Å². The van der Waals surface area contributed by atoms with E-state index in [1.807, 2.05) is 6.92 Å². The summed E-state index contributed by atoms with van der Waals surface area (Å²) in [5.74, 6) is -1.04. The van der Waals surface area contributed by atoms with E-state index in [1.54, 1.807) is 35.6 Å². The van der Waals surface area contributed by atoms with Crippen molar-refractivity contribution in [1.29, 1.82) is 0 Å². The van der Waals surface area contributed by atoms with Crippen LogP contribution in [0.15, 0.2) is 36.8 Å². The molecule has 2 aromatic rings. The van der Waals surface area contributed by atoms with Crippen molar-refractivity contribution >= 4 is 11.8 Å². The summed E-state index contributed by atoms with van der Waals surface area (Å²) < 4.78 is 14.4. The third-order valence-electron chi connectivity index (χ3n) is 4.86. The third kappa shape index (κ3) is 3.76. The minimum atomic E-state index is -0.574. The normalized spacial score (nSPS) is 20.2. The molecule has 1 saturated heterocycles. The predicted molar refractivity (Wildman–Crippen MR) is 94.6 cm³/mol.